The van der Waals surface area contributed by atoms with E-state index in [-0.39, 0.29) is 11.7 Å². The molecule has 3 rings (SSSR count). The average Bonchev–Trinajstić information content (AvgIpc) is 3.29. The van der Waals surface area contributed by atoms with Crippen LogP contribution < -0.4 is 10.1 Å². The zero-order valence-corrected chi connectivity index (χ0v) is 14.6. The third-order valence-corrected chi connectivity index (χ3v) is 4.92. The van der Waals surface area contributed by atoms with E-state index >= 15 is 0 Å². The summed E-state index contributed by atoms with van der Waals surface area (Å²) in [5.74, 6) is 1.74. The SMILES string of the molecule is COc1ccc(CNC(=O)CSc2n[nH]c(-c3cccs3)n2)cc1. The Kier molecular flexibility index (Phi) is 5.50. The summed E-state index contributed by atoms with van der Waals surface area (Å²) in [6, 6.07) is 11.5. The molecule has 0 aliphatic rings. The second-order valence-electron chi connectivity index (χ2n) is 4.86. The van der Waals surface area contributed by atoms with Crippen molar-refractivity contribution in [3.05, 3.63) is 47.3 Å². The van der Waals surface area contributed by atoms with Gasteiger partial charge in [-0.15, -0.1) is 16.4 Å². The summed E-state index contributed by atoms with van der Waals surface area (Å²) in [6.45, 7) is 0.484. The van der Waals surface area contributed by atoms with E-state index < -0.39 is 0 Å². The average molecular weight is 360 g/mol. The number of nitrogens with one attached hydrogen (secondary N) is 2. The Labute approximate surface area is 147 Å². The monoisotopic (exact) mass is 360 g/mol. The molecule has 0 unspecified atom stereocenters. The van der Waals surface area contributed by atoms with E-state index in [1.807, 2.05) is 41.8 Å². The van der Waals surface area contributed by atoms with E-state index in [2.05, 4.69) is 20.5 Å². The Morgan fingerprint density at radius 3 is 2.88 bits per heavy atom. The summed E-state index contributed by atoms with van der Waals surface area (Å²) in [4.78, 5) is 17.3. The van der Waals surface area contributed by atoms with Gasteiger partial charge < -0.3 is 10.1 Å². The van der Waals surface area contributed by atoms with Crippen molar-refractivity contribution in [2.75, 3.05) is 12.9 Å². The number of hydrogen-bond donors (Lipinski definition) is 2. The standard InChI is InChI=1S/C16H16N4O2S2/c1-22-12-6-4-11(5-7-12)9-17-14(21)10-24-16-18-15(19-20-16)13-3-2-8-23-13/h2-8H,9-10H2,1H3,(H,17,21)(H,18,19,20). The van der Waals surface area contributed by atoms with Crippen molar-refractivity contribution in [3.8, 4) is 16.5 Å². The summed E-state index contributed by atoms with van der Waals surface area (Å²) < 4.78 is 5.10. The third kappa shape index (κ3) is 4.36. The molecule has 2 N–H and O–H groups in total. The van der Waals surface area contributed by atoms with Crippen LogP contribution in [0.3, 0.4) is 0 Å². The molecule has 124 valence electrons. The van der Waals surface area contributed by atoms with Crippen molar-refractivity contribution in [2.24, 2.45) is 0 Å². The van der Waals surface area contributed by atoms with Crippen LogP contribution in [0.1, 0.15) is 5.56 Å². The van der Waals surface area contributed by atoms with Crippen molar-refractivity contribution < 1.29 is 9.53 Å². The van der Waals surface area contributed by atoms with Crippen LogP contribution in [-0.2, 0) is 11.3 Å². The normalized spacial score (nSPS) is 10.5. The number of H-pyrrole nitrogens is 1. The number of ether oxygens (including phenoxy) is 1. The molecular formula is C16H16N4O2S2. The van der Waals surface area contributed by atoms with E-state index in [4.69, 9.17) is 4.74 Å². The van der Waals surface area contributed by atoms with E-state index in [9.17, 15) is 4.79 Å². The molecule has 2 heterocycles. The van der Waals surface area contributed by atoms with Gasteiger partial charge in [-0.2, -0.15) is 0 Å². The van der Waals surface area contributed by atoms with Gasteiger partial charge >= 0.3 is 0 Å². The number of methoxy groups -OCH3 is 1. The third-order valence-electron chi connectivity index (χ3n) is 3.20. The van der Waals surface area contributed by atoms with Gasteiger partial charge in [0.05, 0.1) is 17.7 Å². The first-order chi connectivity index (χ1) is 11.7. The smallest absolute Gasteiger partial charge is 0.230 e. The molecule has 0 fully saturated rings. The molecule has 8 heteroatoms. The van der Waals surface area contributed by atoms with Crippen molar-refractivity contribution in [2.45, 2.75) is 11.7 Å². The zero-order chi connectivity index (χ0) is 16.8. The molecule has 0 radical (unpaired) electrons. The van der Waals surface area contributed by atoms with Crippen molar-refractivity contribution >= 4 is 29.0 Å². The van der Waals surface area contributed by atoms with Gasteiger partial charge in [-0.05, 0) is 29.1 Å². The predicted molar refractivity (Wildman–Crippen MR) is 95.3 cm³/mol. The molecule has 0 aliphatic carbocycles. The topological polar surface area (TPSA) is 79.9 Å². The van der Waals surface area contributed by atoms with Gasteiger partial charge in [0.1, 0.15) is 5.75 Å². The van der Waals surface area contributed by atoms with Crippen LogP contribution in [-0.4, -0.2) is 34.0 Å². The fourth-order valence-corrected chi connectivity index (χ4v) is 3.25. The van der Waals surface area contributed by atoms with E-state index in [1.54, 1.807) is 18.4 Å². The van der Waals surface area contributed by atoms with Gasteiger partial charge in [0, 0.05) is 6.54 Å². The Bertz CT molecular complexity index is 785. The first kappa shape index (κ1) is 16.5. The van der Waals surface area contributed by atoms with Gasteiger partial charge in [0.2, 0.25) is 11.1 Å². The maximum absolute atomic E-state index is 11.9. The molecule has 2 aromatic heterocycles. The van der Waals surface area contributed by atoms with Crippen molar-refractivity contribution in [3.63, 3.8) is 0 Å². The first-order valence-electron chi connectivity index (χ1n) is 7.23. The lowest BCUT2D eigenvalue weighted by molar-refractivity contribution is -0.118. The number of carbonyl (C=O) groups excluding carboxylic acids is 1. The summed E-state index contributed by atoms with van der Waals surface area (Å²) >= 11 is 2.90. The molecule has 0 atom stereocenters. The Balaban J connectivity index is 1.45. The highest BCUT2D eigenvalue weighted by Crippen LogP contribution is 2.23. The highest BCUT2D eigenvalue weighted by molar-refractivity contribution is 7.99. The second-order valence-corrected chi connectivity index (χ2v) is 6.75. The minimum Gasteiger partial charge on any atom is -0.497 e. The molecule has 0 spiro atoms. The van der Waals surface area contributed by atoms with Gasteiger partial charge in [-0.3, -0.25) is 9.89 Å². The van der Waals surface area contributed by atoms with Crippen LogP contribution in [0.15, 0.2) is 46.9 Å². The number of benzene rings is 1. The Morgan fingerprint density at radius 2 is 2.17 bits per heavy atom. The highest BCUT2D eigenvalue weighted by Gasteiger charge is 2.09. The summed E-state index contributed by atoms with van der Waals surface area (Å²) in [5.41, 5.74) is 1.02. The number of carbonyl (C=O) groups is 1. The summed E-state index contributed by atoms with van der Waals surface area (Å²) in [5, 5.41) is 12.4. The van der Waals surface area contributed by atoms with Crippen molar-refractivity contribution in [1.82, 2.24) is 20.5 Å². The minimum absolute atomic E-state index is 0.0571. The zero-order valence-electron chi connectivity index (χ0n) is 13.0. The van der Waals surface area contributed by atoms with Gasteiger partial charge in [-0.25, -0.2) is 4.98 Å². The van der Waals surface area contributed by atoms with Crippen LogP contribution in [0, 0.1) is 0 Å². The number of amides is 1. The summed E-state index contributed by atoms with van der Waals surface area (Å²) in [7, 11) is 1.63. The minimum atomic E-state index is -0.0571. The number of thiophene rings is 1. The van der Waals surface area contributed by atoms with E-state index in [0.29, 0.717) is 11.7 Å². The van der Waals surface area contributed by atoms with E-state index in [0.717, 1.165) is 22.0 Å². The van der Waals surface area contributed by atoms with Crippen LogP contribution in [0.2, 0.25) is 0 Å². The van der Waals surface area contributed by atoms with Crippen molar-refractivity contribution in [1.29, 1.82) is 0 Å². The van der Waals surface area contributed by atoms with Crippen LogP contribution in [0.5, 0.6) is 5.75 Å². The number of aromatic nitrogens is 3. The molecule has 0 aliphatic heterocycles. The number of hydrogen-bond acceptors (Lipinski definition) is 6. The number of nitrogens with zero attached hydrogens (tertiary/aromatic N) is 2. The predicted octanol–water partition coefficient (Wildman–Crippen LogP) is 2.95. The Morgan fingerprint density at radius 1 is 1.33 bits per heavy atom. The molecule has 0 saturated carbocycles. The maximum atomic E-state index is 11.9. The lowest BCUT2D eigenvalue weighted by Gasteiger charge is -2.05. The van der Waals surface area contributed by atoms with Crippen LogP contribution in [0.4, 0.5) is 0 Å². The second kappa shape index (κ2) is 7.98. The van der Waals surface area contributed by atoms with Crippen LogP contribution >= 0.6 is 23.1 Å². The maximum Gasteiger partial charge on any atom is 0.230 e. The molecule has 3 aromatic rings. The van der Waals surface area contributed by atoms with Crippen LogP contribution in [0.25, 0.3) is 10.7 Å². The Hall–Kier alpha value is -2.32. The number of thioether (sulfide) groups is 1. The van der Waals surface area contributed by atoms with E-state index in [1.165, 1.54) is 11.8 Å². The molecule has 0 saturated heterocycles. The quantitative estimate of drug-likeness (QED) is 0.633. The molecule has 24 heavy (non-hydrogen) atoms. The molecule has 1 amide bonds. The fourth-order valence-electron chi connectivity index (χ4n) is 1.96. The molecular weight excluding hydrogens is 344 g/mol. The number of rotatable bonds is 7. The lowest BCUT2D eigenvalue weighted by Crippen LogP contribution is -2.24. The molecule has 0 bridgehead atoms. The van der Waals surface area contributed by atoms with Gasteiger partial charge in [-0.1, -0.05) is 30.0 Å². The van der Waals surface area contributed by atoms with Gasteiger partial charge in [0.15, 0.2) is 5.82 Å². The summed E-state index contributed by atoms with van der Waals surface area (Å²) in [6.07, 6.45) is 0. The lowest BCUT2D eigenvalue weighted by atomic mass is 10.2. The fraction of sp³-hybridized carbons (Fsp3) is 0.188. The number of aromatic amines is 1. The largest absolute Gasteiger partial charge is 0.497 e. The highest BCUT2D eigenvalue weighted by atomic mass is 32.2. The first-order valence-corrected chi connectivity index (χ1v) is 9.10. The molecule has 1 aromatic carbocycles. The van der Waals surface area contributed by atoms with Gasteiger partial charge in [0.25, 0.3) is 0 Å². The molecule has 6 nitrogen and oxygen atoms in total.